The molecule has 2 heterocycles. The molecule has 1 N–H and O–H groups in total. The lowest BCUT2D eigenvalue weighted by Crippen LogP contribution is -2.49. The third-order valence-corrected chi connectivity index (χ3v) is 5.74. The van der Waals surface area contributed by atoms with E-state index >= 15 is 0 Å². The highest BCUT2D eigenvalue weighted by atomic mass is 16.4. The van der Waals surface area contributed by atoms with Crippen molar-refractivity contribution in [1.29, 1.82) is 0 Å². The van der Waals surface area contributed by atoms with Gasteiger partial charge in [-0.05, 0) is 44.0 Å². The van der Waals surface area contributed by atoms with E-state index in [9.17, 15) is 19.5 Å². The molecule has 2 fully saturated rings. The summed E-state index contributed by atoms with van der Waals surface area (Å²) in [4.78, 5) is 42.3. The van der Waals surface area contributed by atoms with Crippen molar-refractivity contribution in [3.8, 4) is 0 Å². The molecule has 1 saturated heterocycles. The summed E-state index contributed by atoms with van der Waals surface area (Å²) in [5.41, 5.74) is 0.548. The fourth-order valence-electron chi connectivity index (χ4n) is 3.87. The van der Waals surface area contributed by atoms with Gasteiger partial charge in [-0.15, -0.1) is 10.2 Å². The standard InChI is InChI=1S/C22H25N5O4/c1-2-27(15-7-8-15)21(29)18-9-10-19(24-23-18)25-11-13-26(14-12-25)20(28)16-5-3-4-6-17(16)22(30)31/h3-6,9-10,15H,2,7-8,11-14H2,1H3,(H,30,31). The minimum absolute atomic E-state index is 0.00775. The van der Waals surface area contributed by atoms with E-state index < -0.39 is 5.97 Å². The number of carbonyl (C=O) groups is 3. The third kappa shape index (κ3) is 4.35. The molecule has 31 heavy (non-hydrogen) atoms. The molecule has 0 bridgehead atoms. The molecule has 2 aromatic rings. The van der Waals surface area contributed by atoms with Crippen LogP contribution in [0, 0.1) is 0 Å². The Labute approximate surface area is 180 Å². The maximum Gasteiger partial charge on any atom is 0.336 e. The van der Waals surface area contributed by atoms with E-state index in [1.807, 2.05) is 16.7 Å². The van der Waals surface area contributed by atoms with E-state index in [0.717, 1.165) is 12.8 Å². The molecule has 1 aliphatic heterocycles. The van der Waals surface area contributed by atoms with Gasteiger partial charge >= 0.3 is 5.97 Å². The van der Waals surface area contributed by atoms with Gasteiger partial charge in [0.1, 0.15) is 0 Å². The van der Waals surface area contributed by atoms with Gasteiger partial charge in [-0.2, -0.15) is 0 Å². The Morgan fingerprint density at radius 2 is 1.68 bits per heavy atom. The number of carboxylic acid groups (broad SMARTS) is 1. The Morgan fingerprint density at radius 3 is 2.23 bits per heavy atom. The molecular formula is C22H25N5O4. The number of carbonyl (C=O) groups excluding carboxylic acids is 2. The molecular weight excluding hydrogens is 398 g/mol. The number of anilines is 1. The Hall–Kier alpha value is -3.49. The van der Waals surface area contributed by atoms with E-state index in [1.165, 1.54) is 6.07 Å². The van der Waals surface area contributed by atoms with Crippen molar-refractivity contribution in [3.63, 3.8) is 0 Å². The number of aromatic nitrogens is 2. The average molecular weight is 423 g/mol. The molecule has 0 radical (unpaired) electrons. The maximum absolute atomic E-state index is 12.8. The summed E-state index contributed by atoms with van der Waals surface area (Å²) in [6.45, 7) is 4.61. The summed E-state index contributed by atoms with van der Waals surface area (Å²) in [6.07, 6.45) is 2.09. The van der Waals surface area contributed by atoms with Crippen molar-refractivity contribution < 1.29 is 19.5 Å². The molecule has 9 nitrogen and oxygen atoms in total. The summed E-state index contributed by atoms with van der Waals surface area (Å²) in [5.74, 6) is -0.833. The van der Waals surface area contributed by atoms with Crippen LogP contribution >= 0.6 is 0 Å². The first-order chi connectivity index (χ1) is 15.0. The van der Waals surface area contributed by atoms with Crippen LogP contribution < -0.4 is 4.90 Å². The highest BCUT2D eigenvalue weighted by molar-refractivity contribution is 6.04. The smallest absolute Gasteiger partial charge is 0.336 e. The Bertz CT molecular complexity index is 982. The maximum atomic E-state index is 12.8. The number of nitrogens with zero attached hydrogens (tertiary/aromatic N) is 5. The topological polar surface area (TPSA) is 107 Å². The minimum Gasteiger partial charge on any atom is -0.478 e. The largest absolute Gasteiger partial charge is 0.478 e. The molecule has 0 atom stereocenters. The van der Waals surface area contributed by atoms with E-state index in [-0.39, 0.29) is 22.9 Å². The van der Waals surface area contributed by atoms with Gasteiger partial charge in [0.25, 0.3) is 11.8 Å². The van der Waals surface area contributed by atoms with Crippen LogP contribution in [0.15, 0.2) is 36.4 Å². The lowest BCUT2D eigenvalue weighted by molar-refractivity contribution is 0.0672. The van der Waals surface area contributed by atoms with Crippen molar-refractivity contribution in [2.75, 3.05) is 37.6 Å². The Morgan fingerprint density at radius 1 is 1.00 bits per heavy atom. The van der Waals surface area contributed by atoms with Crippen LogP contribution in [0.25, 0.3) is 0 Å². The van der Waals surface area contributed by atoms with Crippen LogP contribution in [0.5, 0.6) is 0 Å². The number of hydrogen-bond donors (Lipinski definition) is 1. The molecule has 1 aliphatic carbocycles. The third-order valence-electron chi connectivity index (χ3n) is 5.74. The molecule has 0 spiro atoms. The van der Waals surface area contributed by atoms with Crippen molar-refractivity contribution in [2.24, 2.45) is 0 Å². The van der Waals surface area contributed by atoms with E-state index in [1.54, 1.807) is 35.2 Å². The van der Waals surface area contributed by atoms with Gasteiger partial charge in [0.2, 0.25) is 0 Å². The predicted octanol–water partition coefficient (Wildman–Crippen LogP) is 1.76. The van der Waals surface area contributed by atoms with Crippen LogP contribution in [0.2, 0.25) is 0 Å². The van der Waals surface area contributed by atoms with Gasteiger partial charge in [-0.25, -0.2) is 4.79 Å². The lowest BCUT2D eigenvalue weighted by Gasteiger charge is -2.35. The van der Waals surface area contributed by atoms with Gasteiger partial charge in [-0.3, -0.25) is 9.59 Å². The molecule has 1 aromatic carbocycles. The first-order valence-electron chi connectivity index (χ1n) is 10.5. The summed E-state index contributed by atoms with van der Waals surface area (Å²) in [6, 6.07) is 10.1. The second-order valence-corrected chi connectivity index (χ2v) is 7.73. The number of carboxylic acids is 1. The molecule has 2 aliphatic rings. The number of rotatable bonds is 6. The first-order valence-corrected chi connectivity index (χ1v) is 10.5. The van der Waals surface area contributed by atoms with Crippen LogP contribution in [0.3, 0.4) is 0 Å². The summed E-state index contributed by atoms with van der Waals surface area (Å²) >= 11 is 0. The molecule has 162 valence electrons. The zero-order chi connectivity index (χ0) is 22.0. The number of aromatic carboxylic acids is 1. The average Bonchev–Trinajstić information content (AvgIpc) is 3.64. The SMILES string of the molecule is CCN(C(=O)c1ccc(N2CCN(C(=O)c3ccccc3C(=O)O)CC2)nn1)C1CC1. The van der Waals surface area contributed by atoms with Gasteiger partial charge in [-0.1, -0.05) is 12.1 Å². The van der Waals surface area contributed by atoms with E-state index in [4.69, 9.17) is 0 Å². The molecule has 1 aromatic heterocycles. The van der Waals surface area contributed by atoms with Crippen molar-refractivity contribution in [2.45, 2.75) is 25.8 Å². The number of benzene rings is 1. The summed E-state index contributed by atoms with van der Waals surface area (Å²) in [7, 11) is 0. The summed E-state index contributed by atoms with van der Waals surface area (Å²) < 4.78 is 0. The van der Waals surface area contributed by atoms with Gasteiger partial charge in [0.05, 0.1) is 11.1 Å². The lowest BCUT2D eigenvalue weighted by atomic mass is 10.1. The summed E-state index contributed by atoms with van der Waals surface area (Å²) in [5, 5.41) is 17.7. The number of amides is 2. The van der Waals surface area contributed by atoms with E-state index in [0.29, 0.717) is 50.3 Å². The van der Waals surface area contributed by atoms with Crippen LogP contribution in [0.1, 0.15) is 51.0 Å². The molecule has 0 unspecified atom stereocenters. The Balaban J connectivity index is 1.38. The van der Waals surface area contributed by atoms with Gasteiger partial charge in [0.15, 0.2) is 11.5 Å². The van der Waals surface area contributed by atoms with Gasteiger partial charge in [0, 0.05) is 38.8 Å². The fraction of sp³-hybridized carbons (Fsp3) is 0.409. The van der Waals surface area contributed by atoms with E-state index in [2.05, 4.69) is 10.2 Å². The normalized spacial score (nSPS) is 16.2. The highest BCUT2D eigenvalue weighted by Gasteiger charge is 2.32. The van der Waals surface area contributed by atoms with Crippen LogP contribution in [-0.4, -0.2) is 81.7 Å². The van der Waals surface area contributed by atoms with Crippen molar-refractivity contribution in [3.05, 3.63) is 53.2 Å². The quantitative estimate of drug-likeness (QED) is 0.754. The highest BCUT2D eigenvalue weighted by Crippen LogP contribution is 2.27. The Kier molecular flexibility index (Phi) is 5.83. The molecule has 9 heteroatoms. The predicted molar refractivity (Wildman–Crippen MR) is 113 cm³/mol. The zero-order valence-electron chi connectivity index (χ0n) is 17.4. The zero-order valence-corrected chi connectivity index (χ0v) is 17.4. The van der Waals surface area contributed by atoms with Gasteiger partial charge < -0.3 is 19.8 Å². The molecule has 2 amide bonds. The molecule has 1 saturated carbocycles. The van der Waals surface area contributed by atoms with Crippen molar-refractivity contribution >= 4 is 23.6 Å². The van der Waals surface area contributed by atoms with Crippen LogP contribution in [0.4, 0.5) is 5.82 Å². The first kappa shape index (κ1) is 20.8. The second kappa shape index (κ2) is 8.71. The second-order valence-electron chi connectivity index (χ2n) is 7.73. The monoisotopic (exact) mass is 423 g/mol. The fourth-order valence-corrected chi connectivity index (χ4v) is 3.87. The number of hydrogen-bond acceptors (Lipinski definition) is 6. The number of piperazine rings is 1. The van der Waals surface area contributed by atoms with Crippen LogP contribution in [-0.2, 0) is 0 Å². The molecule has 4 rings (SSSR count). The van der Waals surface area contributed by atoms with Crippen molar-refractivity contribution in [1.82, 2.24) is 20.0 Å². The minimum atomic E-state index is -1.11.